The molecule has 8 heteroatoms. The van der Waals surface area contributed by atoms with Crippen LogP contribution in [0.15, 0.2) is 58.5 Å². The van der Waals surface area contributed by atoms with Crippen LogP contribution in [0, 0.1) is 0 Å². The van der Waals surface area contributed by atoms with E-state index in [1.54, 1.807) is 4.57 Å². The highest BCUT2D eigenvalue weighted by Gasteiger charge is 2.34. The molecule has 3 aromatic rings. The Bertz CT molecular complexity index is 1270. The van der Waals surface area contributed by atoms with E-state index in [4.69, 9.17) is 9.72 Å². The van der Waals surface area contributed by atoms with Gasteiger partial charge in [0.2, 0.25) is 5.91 Å². The Kier molecular flexibility index (Phi) is 7.22. The summed E-state index contributed by atoms with van der Waals surface area (Å²) in [6.07, 6.45) is 1.70. The highest BCUT2D eigenvalue weighted by molar-refractivity contribution is 8.00. The minimum atomic E-state index is -0.373. The van der Waals surface area contributed by atoms with Crippen LogP contribution in [0.3, 0.4) is 0 Å². The molecule has 2 aliphatic heterocycles. The van der Waals surface area contributed by atoms with Gasteiger partial charge in [0.1, 0.15) is 0 Å². The number of fused-ring (bicyclic) bond motifs is 2. The molecular formula is C27H32N4O3S. The third kappa shape index (κ3) is 5.01. The summed E-state index contributed by atoms with van der Waals surface area (Å²) in [5.74, 6) is 0.0507. The number of anilines is 1. The van der Waals surface area contributed by atoms with Crippen molar-refractivity contribution in [3.05, 3.63) is 64.4 Å². The van der Waals surface area contributed by atoms with Crippen molar-refractivity contribution in [3.8, 4) is 0 Å². The van der Waals surface area contributed by atoms with Crippen molar-refractivity contribution in [3.63, 3.8) is 0 Å². The second kappa shape index (κ2) is 10.5. The Morgan fingerprint density at radius 1 is 1.11 bits per heavy atom. The molecule has 1 amide bonds. The minimum absolute atomic E-state index is 0.0420. The van der Waals surface area contributed by atoms with Gasteiger partial charge >= 0.3 is 0 Å². The molecule has 2 atom stereocenters. The summed E-state index contributed by atoms with van der Waals surface area (Å²) < 4.78 is 7.20. The molecule has 0 spiro atoms. The van der Waals surface area contributed by atoms with Gasteiger partial charge in [-0.25, -0.2) is 4.98 Å². The third-order valence-electron chi connectivity index (χ3n) is 6.86. The van der Waals surface area contributed by atoms with Crippen LogP contribution in [-0.2, 0) is 22.5 Å². The van der Waals surface area contributed by atoms with Gasteiger partial charge in [0.15, 0.2) is 5.16 Å². The predicted molar refractivity (Wildman–Crippen MR) is 140 cm³/mol. The topological polar surface area (TPSA) is 67.7 Å². The van der Waals surface area contributed by atoms with Crippen molar-refractivity contribution < 1.29 is 9.53 Å². The molecule has 0 saturated carbocycles. The van der Waals surface area contributed by atoms with Gasteiger partial charge in [-0.1, -0.05) is 42.1 Å². The van der Waals surface area contributed by atoms with Crippen LogP contribution in [0.1, 0.15) is 25.8 Å². The van der Waals surface area contributed by atoms with Crippen molar-refractivity contribution in [1.82, 2.24) is 14.5 Å². The fourth-order valence-corrected chi connectivity index (χ4v) is 6.00. The van der Waals surface area contributed by atoms with Gasteiger partial charge in [-0.2, -0.15) is 0 Å². The van der Waals surface area contributed by atoms with Gasteiger partial charge in [0.05, 0.1) is 29.4 Å². The molecule has 0 aliphatic carbocycles. The highest BCUT2D eigenvalue weighted by atomic mass is 32.2. The van der Waals surface area contributed by atoms with Crippen LogP contribution in [0.2, 0.25) is 0 Å². The third-order valence-corrected chi connectivity index (χ3v) is 7.94. The first-order valence-electron chi connectivity index (χ1n) is 12.4. The Morgan fingerprint density at radius 2 is 1.86 bits per heavy atom. The summed E-state index contributed by atoms with van der Waals surface area (Å²) in [6.45, 7) is 8.85. The first-order chi connectivity index (χ1) is 17.0. The lowest BCUT2D eigenvalue weighted by atomic mass is 10.1. The Labute approximate surface area is 210 Å². The standard InChI is InChI=1S/C27H32N4O3S/c1-19-18-21-8-3-6-11-24(21)31(19)25(32)20(2)35-27-28-23-10-5-4-9-22(23)26(33)30(27)13-7-12-29-14-16-34-17-15-29/h3-6,8-11,19-20H,7,12-18H2,1-2H3/t19-,20+/m1/s1. The molecule has 3 heterocycles. The van der Waals surface area contributed by atoms with Gasteiger partial charge in [0.25, 0.3) is 5.56 Å². The maximum atomic E-state index is 13.6. The van der Waals surface area contributed by atoms with Crippen LogP contribution in [0.25, 0.3) is 10.9 Å². The maximum Gasteiger partial charge on any atom is 0.262 e. The quantitative estimate of drug-likeness (QED) is 0.371. The van der Waals surface area contributed by atoms with E-state index in [2.05, 4.69) is 17.9 Å². The number of benzene rings is 2. The van der Waals surface area contributed by atoms with Crippen molar-refractivity contribution >= 4 is 34.3 Å². The molecule has 5 rings (SSSR count). The number of carbonyl (C=O) groups is 1. The molecule has 2 aromatic carbocycles. The van der Waals surface area contributed by atoms with E-state index < -0.39 is 0 Å². The molecule has 1 saturated heterocycles. The highest BCUT2D eigenvalue weighted by Crippen LogP contribution is 2.34. The zero-order valence-corrected chi connectivity index (χ0v) is 21.2. The van der Waals surface area contributed by atoms with Gasteiger partial charge in [0, 0.05) is 37.9 Å². The number of hydrogen-bond donors (Lipinski definition) is 0. The van der Waals surface area contributed by atoms with Gasteiger partial charge in [-0.15, -0.1) is 0 Å². The Hall–Kier alpha value is -2.68. The molecule has 184 valence electrons. The number of carbonyl (C=O) groups excluding carboxylic acids is 1. The van der Waals surface area contributed by atoms with E-state index in [1.165, 1.54) is 17.3 Å². The lowest BCUT2D eigenvalue weighted by Crippen LogP contribution is -2.40. The molecule has 2 aliphatic rings. The van der Waals surface area contributed by atoms with E-state index in [0.717, 1.165) is 51.4 Å². The SMILES string of the molecule is C[C@H](Sc1nc2ccccc2c(=O)n1CCCN1CCOCC1)C(=O)N1c2ccccc2C[C@H]1C. The average Bonchev–Trinajstić information content (AvgIpc) is 3.21. The van der Waals surface area contributed by atoms with Crippen LogP contribution >= 0.6 is 11.8 Å². The zero-order valence-electron chi connectivity index (χ0n) is 20.4. The molecule has 1 aromatic heterocycles. The molecule has 0 bridgehead atoms. The summed E-state index contributed by atoms with van der Waals surface area (Å²) in [7, 11) is 0. The summed E-state index contributed by atoms with van der Waals surface area (Å²) in [5, 5.41) is 0.850. The second-order valence-electron chi connectivity index (χ2n) is 9.33. The van der Waals surface area contributed by atoms with Gasteiger partial charge in [-0.3, -0.25) is 19.1 Å². The first kappa shape index (κ1) is 24.0. The smallest absolute Gasteiger partial charge is 0.262 e. The van der Waals surface area contributed by atoms with Gasteiger partial charge < -0.3 is 9.64 Å². The van der Waals surface area contributed by atoms with E-state index in [0.29, 0.717) is 22.6 Å². The number of ether oxygens (including phenoxy) is 1. The van der Waals surface area contributed by atoms with Crippen LogP contribution in [-0.4, -0.2) is 64.5 Å². The first-order valence-corrected chi connectivity index (χ1v) is 13.3. The number of thioether (sulfide) groups is 1. The normalized spacial score (nSPS) is 19.1. The number of morpholine rings is 1. The molecule has 1 fully saturated rings. The van der Waals surface area contributed by atoms with Crippen molar-refractivity contribution in [2.45, 2.75) is 49.7 Å². The monoisotopic (exact) mass is 492 g/mol. The Balaban J connectivity index is 1.39. The Morgan fingerprint density at radius 3 is 2.69 bits per heavy atom. The number of nitrogens with zero attached hydrogens (tertiary/aromatic N) is 4. The van der Waals surface area contributed by atoms with Crippen molar-refractivity contribution in [1.29, 1.82) is 0 Å². The van der Waals surface area contributed by atoms with Crippen molar-refractivity contribution in [2.75, 3.05) is 37.7 Å². The van der Waals surface area contributed by atoms with Crippen LogP contribution in [0.4, 0.5) is 5.69 Å². The number of para-hydroxylation sites is 2. The fraction of sp³-hybridized carbons (Fsp3) is 0.444. The number of aromatic nitrogens is 2. The molecule has 0 unspecified atom stereocenters. The van der Waals surface area contributed by atoms with E-state index in [9.17, 15) is 9.59 Å². The summed E-state index contributed by atoms with van der Waals surface area (Å²) in [6, 6.07) is 15.7. The molecule has 7 nitrogen and oxygen atoms in total. The molecule has 0 radical (unpaired) electrons. The second-order valence-corrected chi connectivity index (χ2v) is 10.6. The van der Waals surface area contributed by atoms with E-state index in [1.807, 2.05) is 54.3 Å². The minimum Gasteiger partial charge on any atom is -0.379 e. The van der Waals surface area contributed by atoms with Crippen LogP contribution in [0.5, 0.6) is 0 Å². The van der Waals surface area contributed by atoms with E-state index in [-0.39, 0.29) is 22.8 Å². The zero-order chi connectivity index (χ0) is 24.4. The summed E-state index contributed by atoms with van der Waals surface area (Å²) in [5.41, 5.74) is 2.82. The largest absolute Gasteiger partial charge is 0.379 e. The van der Waals surface area contributed by atoms with E-state index >= 15 is 0 Å². The maximum absolute atomic E-state index is 13.6. The fourth-order valence-electron chi connectivity index (χ4n) is 5.02. The summed E-state index contributed by atoms with van der Waals surface area (Å²) >= 11 is 1.38. The van der Waals surface area contributed by atoms with Crippen LogP contribution < -0.4 is 10.5 Å². The molecular weight excluding hydrogens is 460 g/mol. The summed E-state index contributed by atoms with van der Waals surface area (Å²) in [4.78, 5) is 36.1. The predicted octanol–water partition coefficient (Wildman–Crippen LogP) is 3.58. The number of hydrogen-bond acceptors (Lipinski definition) is 6. The van der Waals surface area contributed by atoms with Gasteiger partial charge in [-0.05, 0) is 50.5 Å². The lowest BCUT2D eigenvalue weighted by Gasteiger charge is -2.27. The number of amides is 1. The average molecular weight is 493 g/mol. The lowest BCUT2D eigenvalue weighted by molar-refractivity contribution is -0.118. The van der Waals surface area contributed by atoms with Crippen molar-refractivity contribution in [2.24, 2.45) is 0 Å². The molecule has 35 heavy (non-hydrogen) atoms. The number of rotatable bonds is 7. The molecule has 0 N–H and O–H groups in total.